The van der Waals surface area contributed by atoms with E-state index in [2.05, 4.69) is 24.3 Å². The number of carbonyl (C=O) groups is 4. The number of aryl methyl sites for hydroxylation is 1. The minimum Gasteiger partial charge on any atom is -0.426 e. The smallest absolute Gasteiger partial charge is 0.316 e. The molecule has 2 bridgehead atoms. The van der Waals surface area contributed by atoms with Crippen LogP contribution in [0.2, 0.25) is 5.02 Å². The summed E-state index contributed by atoms with van der Waals surface area (Å²) in [6.45, 7) is 2.08. The number of benzene rings is 4. The van der Waals surface area contributed by atoms with Gasteiger partial charge in [-0.15, -0.1) is 0 Å². The van der Waals surface area contributed by atoms with Gasteiger partial charge in [-0.1, -0.05) is 66.2 Å². The number of ether oxygens (including phenoxy) is 1. The number of nitrogens with zero attached hydrogens (tertiary/aromatic N) is 2. The summed E-state index contributed by atoms with van der Waals surface area (Å²) >= 11 is 6.24. The van der Waals surface area contributed by atoms with Gasteiger partial charge in [-0.2, -0.15) is 0 Å². The first-order valence-corrected chi connectivity index (χ1v) is 15.1. The highest BCUT2D eigenvalue weighted by Gasteiger charge is 2.61. The Bertz CT molecular complexity index is 1790. The normalized spacial score (nSPS) is 24.8. The Kier molecular flexibility index (Phi) is 6.04. The number of imide groups is 1. The number of hydrogen-bond donors (Lipinski definition) is 0. The molecule has 218 valence electrons. The van der Waals surface area contributed by atoms with Crippen LogP contribution < -0.4 is 14.5 Å². The third-order valence-corrected chi connectivity index (χ3v) is 10.1. The van der Waals surface area contributed by atoms with Crippen molar-refractivity contribution in [1.29, 1.82) is 0 Å². The maximum atomic E-state index is 14.0. The van der Waals surface area contributed by atoms with Gasteiger partial charge in [-0.25, -0.2) is 4.90 Å². The van der Waals surface area contributed by atoms with Crippen molar-refractivity contribution in [3.8, 4) is 5.75 Å². The van der Waals surface area contributed by atoms with Gasteiger partial charge in [0.15, 0.2) is 0 Å². The molecule has 0 saturated carbocycles. The van der Waals surface area contributed by atoms with Gasteiger partial charge in [0, 0.05) is 35.5 Å². The van der Waals surface area contributed by atoms with Crippen molar-refractivity contribution in [3.05, 3.63) is 124 Å². The molecule has 3 atom stereocenters. The Hall–Kier alpha value is -4.75. The van der Waals surface area contributed by atoms with E-state index >= 15 is 0 Å². The monoisotopic (exact) mass is 602 g/mol. The number of hydrogen-bond acceptors (Lipinski definition) is 5. The van der Waals surface area contributed by atoms with E-state index in [-0.39, 0.29) is 48.3 Å². The van der Waals surface area contributed by atoms with E-state index in [0.29, 0.717) is 16.4 Å². The third-order valence-electron chi connectivity index (χ3n) is 9.69. The molecule has 3 amide bonds. The van der Waals surface area contributed by atoms with E-state index in [1.165, 1.54) is 4.90 Å². The summed E-state index contributed by atoms with van der Waals surface area (Å²) in [6, 6.07) is 28.1. The summed E-state index contributed by atoms with van der Waals surface area (Å²) in [5, 5.41) is 0.553. The summed E-state index contributed by atoms with van der Waals surface area (Å²) < 4.78 is 5.64. The van der Waals surface area contributed by atoms with Crippen molar-refractivity contribution in [2.45, 2.75) is 25.2 Å². The van der Waals surface area contributed by atoms with E-state index in [9.17, 15) is 19.2 Å². The molecule has 0 unspecified atom stereocenters. The number of anilines is 2. The highest BCUT2D eigenvalue weighted by Crippen LogP contribution is 2.61. The molecule has 2 fully saturated rings. The molecular weight excluding hydrogens is 576 g/mol. The Labute approximate surface area is 259 Å². The minimum absolute atomic E-state index is 0.0368. The molecule has 8 heteroatoms. The summed E-state index contributed by atoms with van der Waals surface area (Å²) in [7, 11) is 0. The average molecular weight is 603 g/mol. The molecule has 2 aliphatic heterocycles. The quantitative estimate of drug-likeness (QED) is 0.162. The van der Waals surface area contributed by atoms with Gasteiger partial charge in [-0.3, -0.25) is 19.2 Å². The van der Waals surface area contributed by atoms with Crippen molar-refractivity contribution in [3.63, 3.8) is 0 Å². The molecule has 0 aromatic heterocycles. The number of amides is 3. The molecule has 4 aromatic carbocycles. The second kappa shape index (κ2) is 9.89. The first kappa shape index (κ1) is 26.8. The van der Waals surface area contributed by atoms with Crippen LogP contribution in [0.25, 0.3) is 0 Å². The lowest BCUT2D eigenvalue weighted by Crippen LogP contribution is -2.41. The fourth-order valence-corrected chi connectivity index (χ4v) is 7.83. The second-order valence-electron chi connectivity index (χ2n) is 12.0. The first-order valence-electron chi connectivity index (χ1n) is 14.8. The van der Waals surface area contributed by atoms with Gasteiger partial charge in [0.2, 0.25) is 17.7 Å². The third kappa shape index (κ3) is 3.88. The van der Waals surface area contributed by atoms with Crippen LogP contribution in [0.3, 0.4) is 0 Å². The molecule has 5 aliphatic rings. The van der Waals surface area contributed by atoms with Crippen molar-refractivity contribution in [2.75, 3.05) is 16.3 Å². The van der Waals surface area contributed by atoms with Crippen molar-refractivity contribution >= 4 is 46.7 Å². The van der Waals surface area contributed by atoms with Crippen LogP contribution in [0.5, 0.6) is 5.75 Å². The molecule has 9 rings (SSSR count). The topological polar surface area (TPSA) is 84.0 Å². The summed E-state index contributed by atoms with van der Waals surface area (Å²) in [4.78, 5) is 56.6. The Morgan fingerprint density at radius 2 is 1.27 bits per heavy atom. The van der Waals surface area contributed by atoms with Gasteiger partial charge in [0.25, 0.3) is 0 Å². The average Bonchev–Trinajstić information content (AvgIpc) is 3.56. The highest BCUT2D eigenvalue weighted by atomic mass is 35.5. The standard InChI is InChI=1S/C36H27ClN2O5/c1-19-10-11-22(17-28(19)37)38-18-20(16-29(38)40)36(43)44-23-14-12-21(13-15-23)39-34(41)32-30-24-6-2-3-7-25(24)31(33(32)35(39)42)27-9-5-4-8-26(27)30/h2-15,17,20,30-33H,16,18H2,1H3/t20-,30?,31?,32-,33-/m1/s1. The zero-order chi connectivity index (χ0) is 30.3. The number of carbonyl (C=O) groups excluding carboxylic acids is 4. The lowest BCUT2D eigenvalue weighted by Gasteiger charge is -2.45. The van der Waals surface area contributed by atoms with Crippen molar-refractivity contribution in [1.82, 2.24) is 0 Å². The fraction of sp³-hybridized carbons (Fsp3) is 0.222. The fourth-order valence-electron chi connectivity index (χ4n) is 7.66. The van der Waals surface area contributed by atoms with Gasteiger partial charge < -0.3 is 9.64 Å². The lowest BCUT2D eigenvalue weighted by molar-refractivity contribution is -0.139. The summed E-state index contributed by atoms with van der Waals surface area (Å²) in [5.74, 6) is -2.75. The van der Waals surface area contributed by atoms with Crippen molar-refractivity contribution < 1.29 is 23.9 Å². The minimum atomic E-state index is -0.633. The molecular formula is C36H27ClN2O5. The highest BCUT2D eigenvalue weighted by molar-refractivity contribution is 6.31. The van der Waals surface area contributed by atoms with Crippen LogP contribution in [-0.2, 0) is 19.2 Å². The lowest BCUT2D eigenvalue weighted by atomic mass is 9.55. The maximum absolute atomic E-state index is 14.0. The first-order chi connectivity index (χ1) is 21.3. The zero-order valence-electron chi connectivity index (χ0n) is 23.8. The molecule has 3 aliphatic carbocycles. The molecule has 44 heavy (non-hydrogen) atoms. The van der Waals surface area contributed by atoms with Gasteiger partial charge in [-0.05, 0) is 71.1 Å². The molecule has 7 nitrogen and oxygen atoms in total. The van der Waals surface area contributed by atoms with Crippen LogP contribution in [0.4, 0.5) is 11.4 Å². The number of rotatable bonds is 4. The van der Waals surface area contributed by atoms with E-state index in [1.807, 2.05) is 43.3 Å². The largest absolute Gasteiger partial charge is 0.426 e. The molecule has 0 radical (unpaired) electrons. The van der Waals surface area contributed by atoms with E-state index in [0.717, 1.165) is 27.8 Å². The molecule has 4 aromatic rings. The van der Waals surface area contributed by atoms with Crippen LogP contribution in [0.1, 0.15) is 46.1 Å². The van der Waals surface area contributed by atoms with E-state index in [1.54, 1.807) is 35.2 Å². The Morgan fingerprint density at radius 1 is 0.750 bits per heavy atom. The van der Waals surface area contributed by atoms with Crippen LogP contribution in [0.15, 0.2) is 91.0 Å². The molecule has 2 saturated heterocycles. The van der Waals surface area contributed by atoms with Gasteiger partial charge >= 0.3 is 5.97 Å². The number of esters is 1. The maximum Gasteiger partial charge on any atom is 0.316 e. The van der Waals surface area contributed by atoms with E-state index < -0.39 is 23.7 Å². The SMILES string of the molecule is Cc1ccc(N2C[C@H](C(=O)Oc3ccc(N4C(=O)[C@@H]5C6c7ccccc7C(c7ccccc76)[C@H]5C4=O)cc3)CC2=O)cc1Cl. The van der Waals surface area contributed by atoms with Crippen LogP contribution in [-0.4, -0.2) is 30.2 Å². The number of halogens is 1. The predicted molar refractivity (Wildman–Crippen MR) is 165 cm³/mol. The molecule has 0 N–H and O–H groups in total. The van der Waals surface area contributed by atoms with Gasteiger partial charge in [0.1, 0.15) is 5.75 Å². The summed E-state index contributed by atoms with van der Waals surface area (Å²) in [6.07, 6.45) is 0.0368. The molecule has 2 heterocycles. The Balaban J connectivity index is 1.01. The molecule has 0 spiro atoms. The van der Waals surface area contributed by atoms with Crippen molar-refractivity contribution in [2.24, 2.45) is 17.8 Å². The van der Waals surface area contributed by atoms with Crippen LogP contribution >= 0.6 is 11.6 Å². The van der Waals surface area contributed by atoms with Crippen LogP contribution in [0, 0.1) is 24.7 Å². The predicted octanol–water partition coefficient (Wildman–Crippen LogP) is 6.00. The second-order valence-corrected chi connectivity index (χ2v) is 12.4. The van der Waals surface area contributed by atoms with E-state index in [4.69, 9.17) is 16.3 Å². The Morgan fingerprint density at radius 3 is 1.80 bits per heavy atom. The summed E-state index contributed by atoms with van der Waals surface area (Å²) in [5.41, 5.74) is 6.48. The van der Waals surface area contributed by atoms with Gasteiger partial charge in [0.05, 0.1) is 23.4 Å². The zero-order valence-corrected chi connectivity index (χ0v) is 24.5.